The minimum absolute atomic E-state index is 0.167. The van der Waals surface area contributed by atoms with Gasteiger partial charge in [0.05, 0.1) is 0 Å². The molecule has 1 unspecified atom stereocenters. The van der Waals surface area contributed by atoms with E-state index in [0.29, 0.717) is 6.04 Å². The van der Waals surface area contributed by atoms with Crippen molar-refractivity contribution in [3.8, 4) is 0 Å². The fourth-order valence-electron chi connectivity index (χ4n) is 2.48. The number of benzene rings is 1. The molecule has 0 aromatic heterocycles. The molecule has 1 aliphatic heterocycles. The third-order valence-electron chi connectivity index (χ3n) is 3.56. The quantitative estimate of drug-likeness (QED) is 0.850. The van der Waals surface area contributed by atoms with Gasteiger partial charge in [0.1, 0.15) is 0 Å². The van der Waals surface area contributed by atoms with Gasteiger partial charge in [-0.05, 0) is 50.5 Å². The summed E-state index contributed by atoms with van der Waals surface area (Å²) in [6.45, 7) is 5.04. The van der Waals surface area contributed by atoms with E-state index in [1.54, 1.807) is 0 Å². The van der Waals surface area contributed by atoms with E-state index >= 15 is 0 Å². The molecule has 0 saturated carbocycles. The number of carbonyl (C=O) groups excluding carboxylic acids is 1. The molecule has 1 fully saturated rings. The summed E-state index contributed by atoms with van der Waals surface area (Å²) < 4.78 is 0. The zero-order valence-corrected chi connectivity index (χ0v) is 10.8. The highest BCUT2D eigenvalue weighted by Crippen LogP contribution is 2.22. The van der Waals surface area contributed by atoms with Crippen molar-refractivity contribution in [2.45, 2.75) is 32.7 Å². The fraction of sp³-hybridized carbons (Fsp3) is 0.500. The average molecular weight is 232 g/mol. The summed E-state index contributed by atoms with van der Waals surface area (Å²) in [6, 6.07) is 6.24. The second-order valence-corrected chi connectivity index (χ2v) is 4.77. The molecule has 1 heterocycles. The lowest BCUT2D eigenvalue weighted by atomic mass is 10.1. The Morgan fingerprint density at radius 1 is 1.47 bits per heavy atom. The Bertz CT molecular complexity index is 428. The van der Waals surface area contributed by atoms with E-state index in [1.165, 1.54) is 0 Å². The molecule has 1 atom stereocenters. The standard InChI is InChI=1S/C14H20N2O/c1-10-9-12(6-7-13(10)15-3)14(17)16-8-4-5-11(16)2/h6-7,9,11,15H,4-5,8H2,1-3H3. The molecule has 1 aliphatic rings. The Balaban J connectivity index is 2.22. The van der Waals surface area contributed by atoms with Gasteiger partial charge in [-0.25, -0.2) is 0 Å². The number of nitrogens with zero attached hydrogens (tertiary/aromatic N) is 1. The zero-order chi connectivity index (χ0) is 12.4. The zero-order valence-electron chi connectivity index (χ0n) is 10.8. The van der Waals surface area contributed by atoms with Crippen molar-refractivity contribution < 1.29 is 4.79 Å². The van der Waals surface area contributed by atoms with Gasteiger partial charge in [-0.2, -0.15) is 0 Å². The molecule has 3 heteroatoms. The molecule has 1 amide bonds. The smallest absolute Gasteiger partial charge is 0.254 e. The van der Waals surface area contributed by atoms with Crippen LogP contribution in [0.3, 0.4) is 0 Å². The van der Waals surface area contributed by atoms with Crippen molar-refractivity contribution in [2.75, 3.05) is 18.9 Å². The van der Waals surface area contributed by atoms with Gasteiger partial charge in [-0.1, -0.05) is 0 Å². The summed E-state index contributed by atoms with van der Waals surface area (Å²) in [4.78, 5) is 14.3. The summed E-state index contributed by atoms with van der Waals surface area (Å²) in [7, 11) is 1.90. The first-order valence-electron chi connectivity index (χ1n) is 6.23. The number of amides is 1. The van der Waals surface area contributed by atoms with Gasteiger partial charge in [0.15, 0.2) is 0 Å². The lowest BCUT2D eigenvalue weighted by Gasteiger charge is -2.21. The predicted octanol–water partition coefficient (Wildman–Crippen LogP) is 2.66. The summed E-state index contributed by atoms with van der Waals surface area (Å²) in [5, 5.41) is 3.11. The maximum atomic E-state index is 12.3. The van der Waals surface area contributed by atoms with Gasteiger partial charge in [0.2, 0.25) is 0 Å². The first-order chi connectivity index (χ1) is 8.13. The van der Waals surface area contributed by atoms with E-state index in [4.69, 9.17) is 0 Å². The summed E-state index contributed by atoms with van der Waals surface area (Å²) in [6.07, 6.45) is 2.25. The number of anilines is 1. The fourth-order valence-corrected chi connectivity index (χ4v) is 2.48. The molecular weight excluding hydrogens is 212 g/mol. The van der Waals surface area contributed by atoms with E-state index in [1.807, 2.05) is 37.1 Å². The Kier molecular flexibility index (Phi) is 3.36. The molecule has 1 saturated heterocycles. The van der Waals surface area contributed by atoms with E-state index in [-0.39, 0.29) is 5.91 Å². The topological polar surface area (TPSA) is 32.3 Å². The monoisotopic (exact) mass is 232 g/mol. The minimum Gasteiger partial charge on any atom is -0.388 e. The number of nitrogens with one attached hydrogen (secondary N) is 1. The second-order valence-electron chi connectivity index (χ2n) is 4.77. The van der Waals surface area contributed by atoms with Crippen molar-refractivity contribution in [1.82, 2.24) is 4.90 Å². The number of likely N-dealkylation sites (tertiary alicyclic amines) is 1. The Morgan fingerprint density at radius 2 is 2.24 bits per heavy atom. The molecule has 1 aromatic carbocycles. The summed E-state index contributed by atoms with van der Waals surface area (Å²) >= 11 is 0. The van der Waals surface area contributed by atoms with Crippen LogP contribution in [0.5, 0.6) is 0 Å². The van der Waals surface area contributed by atoms with Crippen molar-refractivity contribution in [3.63, 3.8) is 0 Å². The molecular formula is C14H20N2O. The average Bonchev–Trinajstić information content (AvgIpc) is 2.74. The van der Waals surface area contributed by atoms with Crippen molar-refractivity contribution in [3.05, 3.63) is 29.3 Å². The Hall–Kier alpha value is -1.51. The first-order valence-corrected chi connectivity index (χ1v) is 6.23. The summed E-state index contributed by atoms with van der Waals surface area (Å²) in [5.41, 5.74) is 3.00. The third-order valence-corrected chi connectivity index (χ3v) is 3.56. The highest BCUT2D eigenvalue weighted by atomic mass is 16.2. The molecule has 92 valence electrons. The SMILES string of the molecule is CNc1ccc(C(=O)N2CCCC2C)cc1C. The minimum atomic E-state index is 0.167. The number of aryl methyl sites for hydroxylation is 1. The van der Waals surface area contributed by atoms with E-state index in [2.05, 4.69) is 12.2 Å². The molecule has 1 aromatic rings. The highest BCUT2D eigenvalue weighted by Gasteiger charge is 2.25. The van der Waals surface area contributed by atoms with E-state index < -0.39 is 0 Å². The van der Waals surface area contributed by atoms with Gasteiger partial charge in [-0.3, -0.25) is 4.79 Å². The van der Waals surface area contributed by atoms with Crippen molar-refractivity contribution >= 4 is 11.6 Å². The van der Waals surface area contributed by atoms with Gasteiger partial charge < -0.3 is 10.2 Å². The molecule has 0 radical (unpaired) electrons. The number of hydrogen-bond acceptors (Lipinski definition) is 2. The van der Waals surface area contributed by atoms with Crippen molar-refractivity contribution in [2.24, 2.45) is 0 Å². The van der Waals surface area contributed by atoms with Crippen molar-refractivity contribution in [1.29, 1.82) is 0 Å². The maximum Gasteiger partial charge on any atom is 0.254 e. The van der Waals surface area contributed by atoms with E-state index in [9.17, 15) is 4.79 Å². The highest BCUT2D eigenvalue weighted by molar-refractivity contribution is 5.95. The van der Waals surface area contributed by atoms with Crippen LogP contribution in [0.25, 0.3) is 0 Å². The van der Waals surface area contributed by atoms with Gasteiger partial charge >= 0.3 is 0 Å². The largest absolute Gasteiger partial charge is 0.388 e. The van der Waals surface area contributed by atoms with E-state index in [0.717, 1.165) is 36.2 Å². The first kappa shape index (κ1) is 12.0. The second kappa shape index (κ2) is 4.78. The van der Waals surface area contributed by atoms with Crippen LogP contribution >= 0.6 is 0 Å². The molecule has 0 bridgehead atoms. The van der Waals surface area contributed by atoms with Crippen LogP contribution in [0.4, 0.5) is 5.69 Å². The molecule has 3 nitrogen and oxygen atoms in total. The van der Waals surface area contributed by atoms with Gasteiger partial charge in [0.25, 0.3) is 5.91 Å². The Labute approximate surface area is 103 Å². The number of carbonyl (C=O) groups is 1. The van der Waals surface area contributed by atoms with Crippen LogP contribution in [-0.4, -0.2) is 30.4 Å². The van der Waals surface area contributed by atoms with Crippen LogP contribution in [0.15, 0.2) is 18.2 Å². The number of rotatable bonds is 2. The Morgan fingerprint density at radius 3 is 2.76 bits per heavy atom. The van der Waals surface area contributed by atoms with Crippen LogP contribution in [0, 0.1) is 6.92 Å². The maximum absolute atomic E-state index is 12.3. The normalized spacial score (nSPS) is 19.5. The van der Waals surface area contributed by atoms with Crippen LogP contribution in [0.1, 0.15) is 35.7 Å². The van der Waals surface area contributed by atoms with Crippen LogP contribution in [-0.2, 0) is 0 Å². The molecule has 1 N–H and O–H groups in total. The molecule has 17 heavy (non-hydrogen) atoms. The van der Waals surface area contributed by atoms with Crippen LogP contribution < -0.4 is 5.32 Å². The van der Waals surface area contributed by atoms with Gasteiger partial charge in [0, 0.05) is 30.9 Å². The summed E-state index contributed by atoms with van der Waals surface area (Å²) in [5.74, 6) is 0.167. The lowest BCUT2D eigenvalue weighted by molar-refractivity contribution is 0.0747. The van der Waals surface area contributed by atoms with Crippen LogP contribution in [0.2, 0.25) is 0 Å². The molecule has 0 aliphatic carbocycles. The molecule has 2 rings (SSSR count). The number of hydrogen-bond donors (Lipinski definition) is 1. The third kappa shape index (κ3) is 2.28. The predicted molar refractivity (Wildman–Crippen MR) is 70.5 cm³/mol. The lowest BCUT2D eigenvalue weighted by Crippen LogP contribution is -2.33. The van der Waals surface area contributed by atoms with Gasteiger partial charge in [-0.15, -0.1) is 0 Å². The molecule has 0 spiro atoms.